The fourth-order valence-electron chi connectivity index (χ4n) is 2.53. The molecule has 2 aliphatic rings. The van der Waals surface area contributed by atoms with E-state index in [0.29, 0.717) is 11.7 Å². The van der Waals surface area contributed by atoms with Gasteiger partial charge in [-0.2, -0.15) is 0 Å². The van der Waals surface area contributed by atoms with E-state index in [4.69, 9.17) is 0 Å². The van der Waals surface area contributed by atoms with Crippen molar-refractivity contribution in [2.45, 2.75) is 33.1 Å². The minimum Gasteiger partial charge on any atom is -0.294 e. The van der Waals surface area contributed by atoms with Crippen molar-refractivity contribution in [3.63, 3.8) is 0 Å². The summed E-state index contributed by atoms with van der Waals surface area (Å²) in [5.74, 6) is 1.70. The van der Waals surface area contributed by atoms with Crippen molar-refractivity contribution in [1.29, 1.82) is 0 Å². The molecular formula is C11H16O. The van der Waals surface area contributed by atoms with Gasteiger partial charge in [0, 0.05) is 5.41 Å². The predicted octanol–water partition coefficient (Wildman–Crippen LogP) is 2.57. The van der Waals surface area contributed by atoms with Crippen LogP contribution in [0.25, 0.3) is 0 Å². The van der Waals surface area contributed by atoms with E-state index in [2.05, 4.69) is 19.9 Å². The molecular weight excluding hydrogens is 148 g/mol. The van der Waals surface area contributed by atoms with Crippen LogP contribution >= 0.6 is 0 Å². The first-order chi connectivity index (χ1) is 5.63. The standard InChI is InChI=1S/C11H16O/c1-8-5-6-11(2)9(7-8)3-4-10(11)12/h3-4,8-9H,5-7H2,1-2H3/t8-,9+,11-/m0/s1. The SMILES string of the molecule is C[C@H]1CC[C@]2(C)C(=O)C=C[C@@H]2C1. The van der Waals surface area contributed by atoms with Crippen molar-refractivity contribution in [3.8, 4) is 0 Å². The Hall–Kier alpha value is -0.590. The second kappa shape index (κ2) is 2.45. The molecule has 0 aromatic carbocycles. The summed E-state index contributed by atoms with van der Waals surface area (Å²) in [6.45, 7) is 4.42. The Balaban J connectivity index is 2.23. The van der Waals surface area contributed by atoms with Crippen LogP contribution in [0.3, 0.4) is 0 Å². The van der Waals surface area contributed by atoms with Crippen LogP contribution in [0.5, 0.6) is 0 Å². The first kappa shape index (κ1) is 8.03. The third-order valence-electron chi connectivity index (χ3n) is 3.67. The number of carbonyl (C=O) groups is 1. The van der Waals surface area contributed by atoms with E-state index < -0.39 is 0 Å². The van der Waals surface area contributed by atoms with Gasteiger partial charge in [0.25, 0.3) is 0 Å². The van der Waals surface area contributed by atoms with Crippen LogP contribution in [-0.4, -0.2) is 5.78 Å². The van der Waals surface area contributed by atoms with Gasteiger partial charge < -0.3 is 0 Å². The average Bonchev–Trinajstić information content (AvgIpc) is 2.31. The van der Waals surface area contributed by atoms with E-state index >= 15 is 0 Å². The minimum atomic E-state index is -0.0213. The number of hydrogen-bond donors (Lipinski definition) is 0. The van der Waals surface area contributed by atoms with Gasteiger partial charge in [-0.25, -0.2) is 0 Å². The van der Waals surface area contributed by atoms with E-state index in [1.165, 1.54) is 12.8 Å². The molecule has 1 fully saturated rings. The lowest BCUT2D eigenvalue weighted by Crippen LogP contribution is -2.34. The molecule has 1 heteroatoms. The fraction of sp³-hybridized carbons (Fsp3) is 0.727. The third kappa shape index (κ3) is 0.954. The molecule has 0 saturated heterocycles. The van der Waals surface area contributed by atoms with Gasteiger partial charge in [-0.1, -0.05) is 19.9 Å². The second-order valence-electron chi connectivity index (χ2n) is 4.63. The molecule has 2 rings (SSSR count). The maximum Gasteiger partial charge on any atom is 0.161 e. The van der Waals surface area contributed by atoms with Crippen LogP contribution in [0.4, 0.5) is 0 Å². The molecule has 0 aromatic heterocycles. The van der Waals surface area contributed by atoms with Crippen molar-refractivity contribution in [3.05, 3.63) is 12.2 Å². The van der Waals surface area contributed by atoms with Crippen molar-refractivity contribution < 1.29 is 4.79 Å². The maximum atomic E-state index is 11.6. The molecule has 12 heavy (non-hydrogen) atoms. The van der Waals surface area contributed by atoms with E-state index in [1.54, 1.807) is 6.08 Å². The molecule has 0 radical (unpaired) electrons. The van der Waals surface area contributed by atoms with E-state index in [-0.39, 0.29) is 5.41 Å². The van der Waals surface area contributed by atoms with E-state index in [0.717, 1.165) is 12.3 Å². The lowest BCUT2D eigenvalue weighted by atomic mass is 9.66. The van der Waals surface area contributed by atoms with Gasteiger partial charge in [0.05, 0.1) is 0 Å². The highest BCUT2D eigenvalue weighted by Gasteiger charge is 2.45. The van der Waals surface area contributed by atoms with Gasteiger partial charge in [-0.05, 0) is 37.2 Å². The zero-order chi connectivity index (χ0) is 8.77. The maximum absolute atomic E-state index is 11.6. The lowest BCUT2D eigenvalue weighted by molar-refractivity contribution is -0.125. The number of ketones is 1. The molecule has 66 valence electrons. The molecule has 1 nitrogen and oxygen atoms in total. The Bertz CT molecular complexity index is 241. The summed E-state index contributed by atoms with van der Waals surface area (Å²) < 4.78 is 0. The van der Waals surface area contributed by atoms with Gasteiger partial charge in [-0.15, -0.1) is 0 Å². The van der Waals surface area contributed by atoms with Crippen LogP contribution in [0, 0.1) is 17.3 Å². The number of carbonyl (C=O) groups excluding carboxylic acids is 1. The zero-order valence-corrected chi connectivity index (χ0v) is 7.84. The van der Waals surface area contributed by atoms with E-state index in [9.17, 15) is 4.79 Å². The van der Waals surface area contributed by atoms with Gasteiger partial charge in [0.15, 0.2) is 5.78 Å². The number of allylic oxidation sites excluding steroid dienone is 2. The van der Waals surface area contributed by atoms with Crippen LogP contribution in [0.15, 0.2) is 12.2 Å². The first-order valence-corrected chi connectivity index (χ1v) is 4.85. The van der Waals surface area contributed by atoms with Crippen LogP contribution < -0.4 is 0 Å². The summed E-state index contributed by atoms with van der Waals surface area (Å²) >= 11 is 0. The fourth-order valence-corrected chi connectivity index (χ4v) is 2.53. The quantitative estimate of drug-likeness (QED) is 0.537. The Kier molecular flexibility index (Phi) is 1.64. The Labute approximate surface area is 73.8 Å². The van der Waals surface area contributed by atoms with Gasteiger partial charge in [0.2, 0.25) is 0 Å². The van der Waals surface area contributed by atoms with Crippen LogP contribution in [0.1, 0.15) is 33.1 Å². The highest BCUT2D eigenvalue weighted by molar-refractivity contribution is 5.97. The predicted molar refractivity (Wildman–Crippen MR) is 48.8 cm³/mol. The Morgan fingerprint density at radius 1 is 1.58 bits per heavy atom. The molecule has 0 aromatic rings. The Morgan fingerprint density at radius 3 is 3.08 bits per heavy atom. The normalized spacial score (nSPS) is 46.3. The molecule has 0 heterocycles. The average molecular weight is 164 g/mol. The lowest BCUT2D eigenvalue weighted by Gasteiger charge is -2.37. The largest absolute Gasteiger partial charge is 0.294 e. The zero-order valence-electron chi connectivity index (χ0n) is 7.84. The number of rotatable bonds is 0. The number of hydrogen-bond acceptors (Lipinski definition) is 1. The summed E-state index contributed by atoms with van der Waals surface area (Å²) in [4.78, 5) is 11.6. The van der Waals surface area contributed by atoms with Gasteiger partial charge in [-0.3, -0.25) is 4.79 Å². The number of fused-ring (bicyclic) bond motifs is 1. The minimum absolute atomic E-state index is 0.0213. The second-order valence-corrected chi connectivity index (χ2v) is 4.63. The summed E-state index contributed by atoms with van der Waals surface area (Å²) in [6, 6.07) is 0. The summed E-state index contributed by atoms with van der Waals surface area (Å²) in [5.41, 5.74) is -0.0213. The highest BCUT2D eigenvalue weighted by atomic mass is 16.1. The molecule has 0 bridgehead atoms. The van der Waals surface area contributed by atoms with Gasteiger partial charge >= 0.3 is 0 Å². The summed E-state index contributed by atoms with van der Waals surface area (Å²) in [5, 5.41) is 0. The first-order valence-electron chi connectivity index (χ1n) is 4.85. The highest BCUT2D eigenvalue weighted by Crippen LogP contribution is 2.47. The molecule has 0 N–H and O–H groups in total. The molecule has 1 saturated carbocycles. The van der Waals surface area contributed by atoms with Crippen molar-refractivity contribution in [1.82, 2.24) is 0 Å². The summed E-state index contributed by atoms with van der Waals surface area (Å²) in [7, 11) is 0. The van der Waals surface area contributed by atoms with Crippen molar-refractivity contribution in [2.24, 2.45) is 17.3 Å². The molecule has 0 amide bonds. The third-order valence-corrected chi connectivity index (χ3v) is 3.67. The van der Waals surface area contributed by atoms with Crippen LogP contribution in [-0.2, 0) is 4.79 Å². The monoisotopic (exact) mass is 164 g/mol. The molecule has 2 aliphatic carbocycles. The topological polar surface area (TPSA) is 17.1 Å². The summed E-state index contributed by atoms with van der Waals surface area (Å²) in [6.07, 6.45) is 7.44. The molecule has 0 spiro atoms. The van der Waals surface area contributed by atoms with E-state index in [1.807, 2.05) is 0 Å². The van der Waals surface area contributed by atoms with Crippen molar-refractivity contribution in [2.75, 3.05) is 0 Å². The Morgan fingerprint density at radius 2 is 2.33 bits per heavy atom. The smallest absolute Gasteiger partial charge is 0.161 e. The van der Waals surface area contributed by atoms with Gasteiger partial charge in [0.1, 0.15) is 0 Å². The molecule has 0 aliphatic heterocycles. The molecule has 3 atom stereocenters. The molecule has 0 unspecified atom stereocenters. The van der Waals surface area contributed by atoms with Crippen molar-refractivity contribution >= 4 is 5.78 Å². The van der Waals surface area contributed by atoms with Crippen LogP contribution in [0.2, 0.25) is 0 Å².